The van der Waals surface area contributed by atoms with E-state index in [0.717, 1.165) is 7.11 Å². The second kappa shape index (κ2) is 7.01. The molecular formula is C12H15NO6S. The third-order valence-electron chi connectivity index (χ3n) is 2.48. The number of sulfonamides is 1. The SMILES string of the molecule is COC(=O)CCS(=O)(=O)NC(C(=O)O)c1ccccc1. The number of carboxylic acids is 1. The van der Waals surface area contributed by atoms with Crippen LogP contribution in [0.5, 0.6) is 0 Å². The van der Waals surface area contributed by atoms with Crippen molar-refractivity contribution in [2.75, 3.05) is 12.9 Å². The minimum absolute atomic E-state index is 0.307. The van der Waals surface area contributed by atoms with Gasteiger partial charge in [-0.05, 0) is 5.56 Å². The van der Waals surface area contributed by atoms with Crippen LogP contribution in [0.1, 0.15) is 18.0 Å². The standard InChI is InChI=1S/C12H15NO6S/c1-19-10(14)7-8-20(17,18)13-11(12(15)16)9-5-3-2-4-6-9/h2-6,11,13H,7-8H2,1H3,(H,15,16). The predicted molar refractivity (Wildman–Crippen MR) is 70.4 cm³/mol. The van der Waals surface area contributed by atoms with Crippen molar-refractivity contribution in [1.82, 2.24) is 4.72 Å². The molecule has 20 heavy (non-hydrogen) atoms. The van der Waals surface area contributed by atoms with Gasteiger partial charge in [-0.2, -0.15) is 4.72 Å². The largest absolute Gasteiger partial charge is 0.480 e. The molecule has 0 aromatic heterocycles. The summed E-state index contributed by atoms with van der Waals surface area (Å²) in [6.45, 7) is 0. The summed E-state index contributed by atoms with van der Waals surface area (Å²) in [6.07, 6.45) is -0.340. The van der Waals surface area contributed by atoms with Gasteiger partial charge in [0.15, 0.2) is 0 Å². The van der Waals surface area contributed by atoms with Crippen LogP contribution in [-0.2, 0) is 24.3 Å². The Morgan fingerprint density at radius 1 is 1.30 bits per heavy atom. The Bertz CT molecular complexity index is 569. The number of hydrogen-bond acceptors (Lipinski definition) is 5. The van der Waals surface area contributed by atoms with Crippen molar-refractivity contribution in [3.63, 3.8) is 0 Å². The average molecular weight is 301 g/mol. The molecule has 0 amide bonds. The van der Waals surface area contributed by atoms with Crippen LogP contribution in [0, 0.1) is 0 Å². The summed E-state index contributed by atoms with van der Waals surface area (Å²) in [7, 11) is -2.77. The zero-order chi connectivity index (χ0) is 15.2. The molecular weight excluding hydrogens is 286 g/mol. The van der Waals surface area contributed by atoms with Crippen LogP contribution >= 0.6 is 0 Å². The number of esters is 1. The molecule has 0 spiro atoms. The van der Waals surface area contributed by atoms with Crippen LogP contribution in [0.4, 0.5) is 0 Å². The number of methoxy groups -OCH3 is 1. The van der Waals surface area contributed by atoms with Crippen LogP contribution < -0.4 is 4.72 Å². The Morgan fingerprint density at radius 3 is 2.40 bits per heavy atom. The van der Waals surface area contributed by atoms with E-state index in [2.05, 4.69) is 9.46 Å². The van der Waals surface area contributed by atoms with Gasteiger partial charge in [0.1, 0.15) is 6.04 Å². The van der Waals surface area contributed by atoms with Crippen molar-refractivity contribution in [3.05, 3.63) is 35.9 Å². The van der Waals surface area contributed by atoms with Gasteiger partial charge in [-0.15, -0.1) is 0 Å². The second-order valence-corrected chi connectivity index (χ2v) is 5.82. The summed E-state index contributed by atoms with van der Waals surface area (Å²) in [4.78, 5) is 22.1. The summed E-state index contributed by atoms with van der Waals surface area (Å²) in [6, 6.07) is 6.51. The number of hydrogen-bond donors (Lipinski definition) is 2. The van der Waals surface area contributed by atoms with E-state index in [1.165, 1.54) is 12.1 Å². The van der Waals surface area contributed by atoms with Crippen LogP contribution in [0.2, 0.25) is 0 Å². The fourth-order valence-electron chi connectivity index (χ4n) is 1.46. The Kier molecular flexibility index (Phi) is 5.66. The summed E-state index contributed by atoms with van der Waals surface area (Å²) in [5, 5.41) is 9.10. The smallest absolute Gasteiger partial charge is 0.326 e. The number of carbonyl (C=O) groups is 2. The Labute approximate surface area is 116 Å². The Morgan fingerprint density at radius 2 is 1.90 bits per heavy atom. The monoisotopic (exact) mass is 301 g/mol. The minimum atomic E-state index is -3.91. The molecule has 0 bridgehead atoms. The number of carbonyl (C=O) groups excluding carboxylic acids is 1. The highest BCUT2D eigenvalue weighted by molar-refractivity contribution is 7.89. The zero-order valence-corrected chi connectivity index (χ0v) is 11.6. The molecule has 0 saturated carbocycles. The lowest BCUT2D eigenvalue weighted by Gasteiger charge is -2.14. The van der Waals surface area contributed by atoms with Gasteiger partial charge in [0, 0.05) is 0 Å². The van der Waals surface area contributed by atoms with E-state index in [1.54, 1.807) is 18.2 Å². The molecule has 0 radical (unpaired) electrons. The molecule has 1 aromatic carbocycles. The summed E-state index contributed by atoms with van der Waals surface area (Å²) in [5.74, 6) is -2.53. The first-order valence-corrected chi connectivity index (χ1v) is 7.35. The molecule has 1 unspecified atom stereocenters. The highest BCUT2D eigenvalue weighted by Crippen LogP contribution is 2.14. The second-order valence-electron chi connectivity index (χ2n) is 3.94. The van der Waals surface area contributed by atoms with Gasteiger partial charge < -0.3 is 9.84 Å². The Hall–Kier alpha value is -1.93. The van der Waals surface area contributed by atoms with Crippen molar-refractivity contribution in [3.8, 4) is 0 Å². The molecule has 1 atom stereocenters. The molecule has 0 fully saturated rings. The maximum Gasteiger partial charge on any atom is 0.326 e. The van der Waals surface area contributed by atoms with E-state index in [-0.39, 0.29) is 6.42 Å². The van der Waals surface area contributed by atoms with Crippen molar-refractivity contribution in [2.45, 2.75) is 12.5 Å². The quantitative estimate of drug-likeness (QED) is 0.701. The normalized spacial score (nSPS) is 12.7. The maximum absolute atomic E-state index is 11.8. The lowest BCUT2D eigenvalue weighted by Crippen LogP contribution is -2.35. The zero-order valence-electron chi connectivity index (χ0n) is 10.8. The van der Waals surface area contributed by atoms with Gasteiger partial charge in [-0.1, -0.05) is 30.3 Å². The molecule has 8 heteroatoms. The number of nitrogens with one attached hydrogen (secondary N) is 1. The van der Waals surface area contributed by atoms with Crippen molar-refractivity contribution >= 4 is 22.0 Å². The van der Waals surface area contributed by atoms with E-state index < -0.39 is 33.8 Å². The van der Waals surface area contributed by atoms with E-state index in [4.69, 9.17) is 5.11 Å². The van der Waals surface area contributed by atoms with Gasteiger partial charge in [0.05, 0.1) is 19.3 Å². The minimum Gasteiger partial charge on any atom is -0.480 e. The molecule has 0 saturated heterocycles. The fourth-order valence-corrected chi connectivity index (χ4v) is 2.61. The number of rotatable bonds is 7. The van der Waals surface area contributed by atoms with E-state index in [1.807, 2.05) is 0 Å². The van der Waals surface area contributed by atoms with Gasteiger partial charge in [-0.25, -0.2) is 8.42 Å². The van der Waals surface area contributed by atoms with Crippen LogP contribution in [0.3, 0.4) is 0 Å². The molecule has 0 heterocycles. The number of ether oxygens (including phenoxy) is 1. The molecule has 1 aromatic rings. The first-order chi connectivity index (χ1) is 9.35. The lowest BCUT2D eigenvalue weighted by atomic mass is 10.1. The Balaban J connectivity index is 2.81. The first-order valence-electron chi connectivity index (χ1n) is 5.70. The number of aliphatic carboxylic acids is 1. The molecule has 1 rings (SSSR count). The van der Waals surface area contributed by atoms with Gasteiger partial charge >= 0.3 is 11.9 Å². The van der Waals surface area contributed by atoms with Crippen molar-refractivity contribution in [2.24, 2.45) is 0 Å². The molecule has 110 valence electrons. The highest BCUT2D eigenvalue weighted by Gasteiger charge is 2.25. The van der Waals surface area contributed by atoms with Crippen LogP contribution in [0.15, 0.2) is 30.3 Å². The summed E-state index contributed by atoms with van der Waals surface area (Å²) in [5.41, 5.74) is 0.307. The lowest BCUT2D eigenvalue weighted by molar-refractivity contribution is -0.140. The number of benzene rings is 1. The van der Waals surface area contributed by atoms with Crippen LogP contribution in [0.25, 0.3) is 0 Å². The number of carboxylic acid groups (broad SMARTS) is 1. The third kappa shape index (κ3) is 4.98. The fraction of sp³-hybridized carbons (Fsp3) is 0.333. The molecule has 0 aliphatic carbocycles. The van der Waals surface area contributed by atoms with Crippen LogP contribution in [-0.4, -0.2) is 38.3 Å². The summed E-state index contributed by atoms with van der Waals surface area (Å²) < 4.78 is 29.9. The third-order valence-corrected chi connectivity index (χ3v) is 3.82. The molecule has 0 aliphatic heterocycles. The first kappa shape index (κ1) is 16.1. The molecule has 0 aliphatic rings. The predicted octanol–water partition coefficient (Wildman–Crippen LogP) is 0.295. The maximum atomic E-state index is 11.8. The topological polar surface area (TPSA) is 110 Å². The van der Waals surface area contributed by atoms with Gasteiger partial charge in [0.2, 0.25) is 10.0 Å². The van der Waals surface area contributed by atoms with Crippen molar-refractivity contribution in [1.29, 1.82) is 0 Å². The summed E-state index contributed by atoms with van der Waals surface area (Å²) >= 11 is 0. The van der Waals surface area contributed by atoms with Gasteiger partial charge in [0.25, 0.3) is 0 Å². The highest BCUT2D eigenvalue weighted by atomic mass is 32.2. The van der Waals surface area contributed by atoms with Crippen molar-refractivity contribution < 1.29 is 27.9 Å². The average Bonchev–Trinajstić information content (AvgIpc) is 2.43. The van der Waals surface area contributed by atoms with Gasteiger partial charge in [-0.3, -0.25) is 9.59 Å². The van der Waals surface area contributed by atoms with E-state index in [0.29, 0.717) is 5.56 Å². The van der Waals surface area contributed by atoms with E-state index in [9.17, 15) is 18.0 Å². The molecule has 7 nitrogen and oxygen atoms in total. The molecule has 2 N–H and O–H groups in total. The van der Waals surface area contributed by atoms with E-state index >= 15 is 0 Å².